The molecular weight excluding hydrogens is 292 g/mol. The zero-order chi connectivity index (χ0) is 16.2. The predicted molar refractivity (Wildman–Crippen MR) is 87.1 cm³/mol. The van der Waals surface area contributed by atoms with Crippen molar-refractivity contribution >= 4 is 5.91 Å². The Morgan fingerprint density at radius 3 is 2.91 bits per heavy atom. The molecular formula is C17H24N4O2. The molecule has 1 aliphatic rings. The minimum atomic E-state index is -0.0460. The number of hydrogen-bond donors (Lipinski definition) is 0. The third-order valence-corrected chi connectivity index (χ3v) is 4.57. The van der Waals surface area contributed by atoms with E-state index < -0.39 is 0 Å². The molecule has 3 heterocycles. The number of furan rings is 1. The van der Waals surface area contributed by atoms with Crippen LogP contribution in [0.1, 0.15) is 42.6 Å². The van der Waals surface area contributed by atoms with Crippen LogP contribution in [0, 0.1) is 0 Å². The molecule has 0 radical (unpaired) electrons. The van der Waals surface area contributed by atoms with Gasteiger partial charge in [-0.15, -0.1) is 0 Å². The van der Waals surface area contributed by atoms with E-state index in [4.69, 9.17) is 4.42 Å². The van der Waals surface area contributed by atoms with Crippen molar-refractivity contribution in [1.29, 1.82) is 0 Å². The van der Waals surface area contributed by atoms with Gasteiger partial charge in [-0.2, -0.15) is 5.10 Å². The van der Waals surface area contributed by atoms with Crippen LogP contribution in [-0.2, 0) is 6.54 Å². The van der Waals surface area contributed by atoms with Gasteiger partial charge in [-0.1, -0.05) is 13.8 Å². The second-order valence-corrected chi connectivity index (χ2v) is 5.90. The highest BCUT2D eigenvalue weighted by molar-refractivity contribution is 5.91. The standard InChI is InChI=1S/C17H24N4O2/c1-3-19(4-2)10-8-15-13-20(12-14-7-9-18-21(14)15)17(22)16-6-5-11-23-16/h5-7,9,11,15H,3-4,8,10,12-13H2,1-2H3/t15-/m1/s1. The first-order chi connectivity index (χ1) is 11.2. The van der Waals surface area contributed by atoms with Crippen LogP contribution < -0.4 is 0 Å². The molecule has 3 rings (SSSR count). The van der Waals surface area contributed by atoms with Crippen LogP contribution in [0.15, 0.2) is 35.1 Å². The molecule has 0 unspecified atom stereocenters. The van der Waals surface area contributed by atoms with Crippen molar-refractivity contribution in [3.05, 3.63) is 42.1 Å². The molecule has 0 bridgehead atoms. The Hall–Kier alpha value is -2.08. The molecule has 1 aliphatic heterocycles. The Bertz CT molecular complexity index is 631. The SMILES string of the molecule is CCN(CC)CC[C@@H]1CN(C(=O)c2ccco2)Cc2ccnn21. The smallest absolute Gasteiger partial charge is 0.289 e. The van der Waals surface area contributed by atoms with E-state index in [1.54, 1.807) is 18.4 Å². The lowest BCUT2D eigenvalue weighted by Crippen LogP contribution is -2.42. The molecule has 0 aliphatic carbocycles. The summed E-state index contributed by atoms with van der Waals surface area (Å²) in [4.78, 5) is 16.8. The highest BCUT2D eigenvalue weighted by Gasteiger charge is 2.30. The predicted octanol–water partition coefficient (Wildman–Crippen LogP) is 2.41. The maximum Gasteiger partial charge on any atom is 0.289 e. The Morgan fingerprint density at radius 1 is 1.39 bits per heavy atom. The van der Waals surface area contributed by atoms with Gasteiger partial charge in [0.05, 0.1) is 24.5 Å². The van der Waals surface area contributed by atoms with Crippen LogP contribution in [0.3, 0.4) is 0 Å². The van der Waals surface area contributed by atoms with Crippen LogP contribution in [0.4, 0.5) is 0 Å². The van der Waals surface area contributed by atoms with E-state index in [0.717, 1.165) is 31.7 Å². The maximum absolute atomic E-state index is 12.6. The van der Waals surface area contributed by atoms with Crippen molar-refractivity contribution in [3.8, 4) is 0 Å². The fraction of sp³-hybridized carbons (Fsp3) is 0.529. The lowest BCUT2D eigenvalue weighted by Gasteiger charge is -2.34. The van der Waals surface area contributed by atoms with E-state index in [1.807, 2.05) is 17.2 Å². The third-order valence-electron chi connectivity index (χ3n) is 4.57. The van der Waals surface area contributed by atoms with Crippen molar-refractivity contribution in [2.45, 2.75) is 32.9 Å². The van der Waals surface area contributed by atoms with Crippen LogP contribution in [0.5, 0.6) is 0 Å². The van der Waals surface area contributed by atoms with E-state index in [0.29, 0.717) is 18.8 Å². The van der Waals surface area contributed by atoms with Gasteiger partial charge in [-0.3, -0.25) is 9.48 Å². The number of fused-ring (bicyclic) bond motifs is 1. The fourth-order valence-electron chi connectivity index (χ4n) is 3.18. The van der Waals surface area contributed by atoms with Crippen LogP contribution in [0.25, 0.3) is 0 Å². The molecule has 1 amide bonds. The van der Waals surface area contributed by atoms with Crippen LogP contribution in [-0.4, -0.2) is 51.7 Å². The Balaban J connectivity index is 1.73. The van der Waals surface area contributed by atoms with Gasteiger partial charge < -0.3 is 14.2 Å². The van der Waals surface area contributed by atoms with E-state index in [-0.39, 0.29) is 11.9 Å². The van der Waals surface area contributed by atoms with Crippen LogP contribution in [0.2, 0.25) is 0 Å². The molecule has 23 heavy (non-hydrogen) atoms. The third kappa shape index (κ3) is 3.32. The minimum absolute atomic E-state index is 0.0460. The summed E-state index contributed by atoms with van der Waals surface area (Å²) in [6.07, 6.45) is 4.35. The van der Waals surface area contributed by atoms with E-state index in [2.05, 4.69) is 28.5 Å². The quantitative estimate of drug-likeness (QED) is 0.821. The minimum Gasteiger partial charge on any atom is -0.459 e. The second-order valence-electron chi connectivity index (χ2n) is 5.90. The van der Waals surface area contributed by atoms with Gasteiger partial charge >= 0.3 is 0 Å². The van der Waals surface area contributed by atoms with Gasteiger partial charge in [0.1, 0.15) is 0 Å². The summed E-state index contributed by atoms with van der Waals surface area (Å²) in [5.41, 5.74) is 1.08. The first kappa shape index (κ1) is 15.8. The monoisotopic (exact) mass is 316 g/mol. The number of hydrogen-bond acceptors (Lipinski definition) is 4. The molecule has 0 spiro atoms. The average molecular weight is 316 g/mol. The van der Waals surface area contributed by atoms with Gasteiger partial charge in [-0.25, -0.2) is 0 Å². The van der Waals surface area contributed by atoms with Gasteiger partial charge in [0.25, 0.3) is 5.91 Å². The van der Waals surface area contributed by atoms with Gasteiger partial charge in [0.2, 0.25) is 0 Å². The molecule has 2 aromatic rings. The van der Waals surface area contributed by atoms with Crippen molar-refractivity contribution in [2.24, 2.45) is 0 Å². The molecule has 0 saturated heterocycles. The molecule has 2 aromatic heterocycles. The molecule has 0 fully saturated rings. The number of carbonyl (C=O) groups excluding carboxylic acids is 1. The lowest BCUT2D eigenvalue weighted by molar-refractivity contribution is 0.0625. The normalized spacial score (nSPS) is 17.5. The van der Waals surface area contributed by atoms with Crippen molar-refractivity contribution in [3.63, 3.8) is 0 Å². The van der Waals surface area contributed by atoms with Crippen molar-refractivity contribution in [2.75, 3.05) is 26.2 Å². The summed E-state index contributed by atoms with van der Waals surface area (Å²) in [5.74, 6) is 0.357. The Morgan fingerprint density at radius 2 is 2.22 bits per heavy atom. The van der Waals surface area contributed by atoms with E-state index in [9.17, 15) is 4.79 Å². The maximum atomic E-state index is 12.6. The molecule has 0 N–H and O–H groups in total. The zero-order valence-electron chi connectivity index (χ0n) is 13.8. The first-order valence-electron chi connectivity index (χ1n) is 8.30. The largest absolute Gasteiger partial charge is 0.459 e. The number of amides is 1. The molecule has 0 aromatic carbocycles. The van der Waals surface area contributed by atoms with Crippen LogP contribution >= 0.6 is 0 Å². The second kappa shape index (κ2) is 7.00. The highest BCUT2D eigenvalue weighted by atomic mass is 16.3. The summed E-state index contributed by atoms with van der Waals surface area (Å²) < 4.78 is 7.34. The van der Waals surface area contributed by atoms with Crippen molar-refractivity contribution in [1.82, 2.24) is 19.6 Å². The Labute approximate surface area is 136 Å². The fourth-order valence-corrected chi connectivity index (χ4v) is 3.18. The molecule has 0 saturated carbocycles. The topological polar surface area (TPSA) is 54.5 Å². The molecule has 6 heteroatoms. The van der Waals surface area contributed by atoms with E-state index >= 15 is 0 Å². The zero-order valence-corrected chi connectivity index (χ0v) is 13.8. The highest BCUT2D eigenvalue weighted by Crippen LogP contribution is 2.24. The van der Waals surface area contributed by atoms with Gasteiger partial charge in [0, 0.05) is 19.3 Å². The molecule has 1 atom stereocenters. The number of carbonyl (C=O) groups is 1. The molecule has 124 valence electrons. The number of rotatable bonds is 6. The Kier molecular flexibility index (Phi) is 4.81. The lowest BCUT2D eigenvalue weighted by atomic mass is 10.1. The van der Waals surface area contributed by atoms with Crippen molar-refractivity contribution < 1.29 is 9.21 Å². The average Bonchev–Trinajstić information content (AvgIpc) is 3.26. The molecule has 6 nitrogen and oxygen atoms in total. The first-order valence-corrected chi connectivity index (χ1v) is 8.30. The van der Waals surface area contributed by atoms with Gasteiger partial charge in [0.15, 0.2) is 5.76 Å². The number of nitrogens with zero attached hydrogens (tertiary/aromatic N) is 4. The summed E-state index contributed by atoms with van der Waals surface area (Å²) >= 11 is 0. The summed E-state index contributed by atoms with van der Waals surface area (Å²) in [5, 5.41) is 4.46. The number of aromatic nitrogens is 2. The summed E-state index contributed by atoms with van der Waals surface area (Å²) in [7, 11) is 0. The summed E-state index contributed by atoms with van der Waals surface area (Å²) in [6.45, 7) is 8.72. The summed E-state index contributed by atoms with van der Waals surface area (Å²) in [6, 6.07) is 5.68. The van der Waals surface area contributed by atoms with E-state index in [1.165, 1.54) is 0 Å². The van der Waals surface area contributed by atoms with Gasteiger partial charge in [-0.05, 0) is 37.7 Å².